The van der Waals surface area contributed by atoms with Crippen molar-refractivity contribution in [3.05, 3.63) is 11.6 Å². The fraction of sp³-hybridized carbons (Fsp3) is 0.786. The second-order valence-corrected chi connectivity index (χ2v) is 6.77. The van der Waals surface area contributed by atoms with E-state index in [0.717, 1.165) is 11.0 Å². The van der Waals surface area contributed by atoms with Crippen molar-refractivity contribution < 1.29 is 0 Å². The first-order valence-electron chi connectivity index (χ1n) is 6.78. The molecule has 1 aromatic heterocycles. The number of nitrogens with one attached hydrogen (secondary N) is 1. The zero-order valence-corrected chi connectivity index (χ0v) is 12.0. The van der Waals surface area contributed by atoms with Crippen LogP contribution in [0.25, 0.3) is 0 Å². The number of anilines is 1. The van der Waals surface area contributed by atoms with Crippen LogP contribution in [0.15, 0.2) is 11.6 Å². The van der Waals surface area contributed by atoms with E-state index < -0.39 is 0 Å². The molecular formula is C14H24N2S. The van der Waals surface area contributed by atoms with E-state index in [0.29, 0.717) is 11.5 Å². The first-order chi connectivity index (χ1) is 8.12. The Morgan fingerprint density at radius 3 is 2.59 bits per heavy atom. The van der Waals surface area contributed by atoms with E-state index in [4.69, 9.17) is 0 Å². The minimum Gasteiger partial charge on any atom is -0.359 e. The van der Waals surface area contributed by atoms with Gasteiger partial charge in [0.1, 0.15) is 0 Å². The molecule has 0 radical (unpaired) electrons. The van der Waals surface area contributed by atoms with Crippen molar-refractivity contribution in [3.63, 3.8) is 0 Å². The number of hydrogen-bond donors (Lipinski definition) is 1. The molecule has 0 atom stereocenters. The molecule has 2 nitrogen and oxygen atoms in total. The molecule has 0 amide bonds. The number of thiazole rings is 1. The van der Waals surface area contributed by atoms with E-state index in [-0.39, 0.29) is 0 Å². The van der Waals surface area contributed by atoms with Crippen LogP contribution in [0.1, 0.15) is 52.9 Å². The summed E-state index contributed by atoms with van der Waals surface area (Å²) in [6, 6.07) is 0.644. The van der Waals surface area contributed by atoms with Crippen LogP contribution in [0.2, 0.25) is 0 Å². The predicted octanol–water partition coefficient (Wildman–Crippen LogP) is 4.55. The molecule has 1 saturated carbocycles. The lowest BCUT2D eigenvalue weighted by molar-refractivity contribution is 0.147. The fourth-order valence-corrected chi connectivity index (χ4v) is 3.38. The fourth-order valence-electron chi connectivity index (χ4n) is 2.78. The van der Waals surface area contributed by atoms with Crippen molar-refractivity contribution >= 4 is 16.5 Å². The second kappa shape index (κ2) is 5.38. The van der Waals surface area contributed by atoms with Crippen molar-refractivity contribution in [2.45, 2.75) is 58.9 Å². The van der Waals surface area contributed by atoms with Crippen molar-refractivity contribution in [3.8, 4) is 0 Å². The SMILES string of the molecule is CCC(C)(C)C1CCC(Nc2nccs2)CC1. The summed E-state index contributed by atoms with van der Waals surface area (Å²) in [5.74, 6) is 0.904. The molecule has 1 fully saturated rings. The minimum atomic E-state index is 0.520. The lowest BCUT2D eigenvalue weighted by Crippen LogP contribution is -2.32. The Hall–Kier alpha value is -0.570. The third-order valence-corrected chi connectivity index (χ3v) is 5.21. The standard InChI is InChI=1S/C14H24N2S/c1-4-14(2,3)11-5-7-12(8-6-11)16-13-15-9-10-17-13/h9-12H,4-8H2,1-3H3,(H,15,16). The van der Waals surface area contributed by atoms with Crippen LogP contribution in [0.4, 0.5) is 5.13 Å². The summed E-state index contributed by atoms with van der Waals surface area (Å²) in [4.78, 5) is 4.30. The van der Waals surface area contributed by atoms with E-state index in [2.05, 4.69) is 31.1 Å². The van der Waals surface area contributed by atoms with Gasteiger partial charge < -0.3 is 5.32 Å². The van der Waals surface area contributed by atoms with Gasteiger partial charge in [-0.2, -0.15) is 0 Å². The van der Waals surface area contributed by atoms with Crippen LogP contribution in [-0.4, -0.2) is 11.0 Å². The van der Waals surface area contributed by atoms with Crippen molar-refractivity contribution in [2.75, 3.05) is 5.32 Å². The number of hydrogen-bond acceptors (Lipinski definition) is 3. The van der Waals surface area contributed by atoms with E-state index in [1.807, 2.05) is 11.6 Å². The zero-order chi connectivity index (χ0) is 12.3. The maximum Gasteiger partial charge on any atom is 0.182 e. The molecule has 0 saturated heterocycles. The minimum absolute atomic E-state index is 0.520. The van der Waals surface area contributed by atoms with Gasteiger partial charge in [-0.05, 0) is 37.0 Å². The Morgan fingerprint density at radius 1 is 1.35 bits per heavy atom. The predicted molar refractivity (Wildman–Crippen MR) is 75.6 cm³/mol. The van der Waals surface area contributed by atoms with Gasteiger partial charge in [-0.3, -0.25) is 0 Å². The normalized spacial score (nSPS) is 25.8. The average Bonchev–Trinajstić information content (AvgIpc) is 2.83. The molecular weight excluding hydrogens is 228 g/mol. The Balaban J connectivity index is 1.82. The van der Waals surface area contributed by atoms with Crippen molar-refractivity contribution in [1.82, 2.24) is 4.98 Å². The highest BCUT2D eigenvalue weighted by Crippen LogP contribution is 2.40. The molecule has 17 heavy (non-hydrogen) atoms. The van der Waals surface area contributed by atoms with Crippen LogP contribution in [0.3, 0.4) is 0 Å². The molecule has 96 valence electrons. The Kier molecular flexibility index (Phi) is 4.08. The van der Waals surface area contributed by atoms with Crippen molar-refractivity contribution in [2.24, 2.45) is 11.3 Å². The maximum absolute atomic E-state index is 4.30. The number of rotatable bonds is 4. The van der Waals surface area contributed by atoms with Crippen LogP contribution in [-0.2, 0) is 0 Å². The summed E-state index contributed by atoms with van der Waals surface area (Å²) in [6.45, 7) is 7.17. The van der Waals surface area contributed by atoms with Crippen LogP contribution in [0.5, 0.6) is 0 Å². The van der Waals surface area contributed by atoms with Gasteiger partial charge in [0.15, 0.2) is 5.13 Å². The monoisotopic (exact) mass is 252 g/mol. The Morgan fingerprint density at radius 2 is 2.06 bits per heavy atom. The van der Waals surface area contributed by atoms with Crippen LogP contribution in [0, 0.1) is 11.3 Å². The third kappa shape index (κ3) is 3.21. The Labute approximate surface area is 109 Å². The van der Waals surface area contributed by atoms with Gasteiger partial charge in [0.25, 0.3) is 0 Å². The second-order valence-electron chi connectivity index (χ2n) is 5.87. The van der Waals surface area contributed by atoms with E-state index in [1.165, 1.54) is 32.1 Å². The molecule has 1 aliphatic rings. The molecule has 3 heteroatoms. The van der Waals surface area contributed by atoms with E-state index in [9.17, 15) is 0 Å². The van der Waals surface area contributed by atoms with Gasteiger partial charge in [0, 0.05) is 17.6 Å². The number of nitrogens with zero attached hydrogens (tertiary/aromatic N) is 1. The molecule has 0 unspecified atom stereocenters. The summed E-state index contributed by atoms with van der Waals surface area (Å²) in [5.41, 5.74) is 0.520. The molecule has 1 N–H and O–H groups in total. The maximum atomic E-state index is 4.30. The van der Waals surface area contributed by atoms with Gasteiger partial charge in [0.05, 0.1) is 0 Å². The molecule has 1 aliphatic carbocycles. The first-order valence-corrected chi connectivity index (χ1v) is 7.66. The van der Waals surface area contributed by atoms with Gasteiger partial charge >= 0.3 is 0 Å². The molecule has 0 aromatic carbocycles. The number of aromatic nitrogens is 1. The largest absolute Gasteiger partial charge is 0.359 e. The van der Waals surface area contributed by atoms with E-state index in [1.54, 1.807) is 11.3 Å². The van der Waals surface area contributed by atoms with Gasteiger partial charge in [0.2, 0.25) is 0 Å². The molecule has 0 spiro atoms. The van der Waals surface area contributed by atoms with Gasteiger partial charge in [-0.15, -0.1) is 11.3 Å². The lowest BCUT2D eigenvalue weighted by atomic mass is 9.69. The smallest absolute Gasteiger partial charge is 0.182 e. The summed E-state index contributed by atoms with van der Waals surface area (Å²) < 4.78 is 0. The average molecular weight is 252 g/mol. The van der Waals surface area contributed by atoms with Crippen molar-refractivity contribution in [1.29, 1.82) is 0 Å². The van der Waals surface area contributed by atoms with Gasteiger partial charge in [-0.25, -0.2) is 4.98 Å². The summed E-state index contributed by atoms with van der Waals surface area (Å²) >= 11 is 1.71. The topological polar surface area (TPSA) is 24.9 Å². The van der Waals surface area contributed by atoms with Gasteiger partial charge in [-0.1, -0.05) is 27.2 Å². The molecule has 2 rings (SSSR count). The van der Waals surface area contributed by atoms with E-state index >= 15 is 0 Å². The first kappa shape index (κ1) is 12.9. The summed E-state index contributed by atoms with van der Waals surface area (Å²) in [6.07, 6.45) is 8.50. The highest BCUT2D eigenvalue weighted by molar-refractivity contribution is 7.13. The van der Waals surface area contributed by atoms with Crippen LogP contribution >= 0.6 is 11.3 Å². The highest BCUT2D eigenvalue weighted by atomic mass is 32.1. The highest BCUT2D eigenvalue weighted by Gasteiger charge is 2.31. The molecule has 1 heterocycles. The Bertz CT molecular complexity index is 324. The quantitative estimate of drug-likeness (QED) is 0.850. The third-order valence-electron chi connectivity index (χ3n) is 4.50. The summed E-state index contributed by atoms with van der Waals surface area (Å²) in [7, 11) is 0. The lowest BCUT2D eigenvalue weighted by Gasteiger charge is -2.39. The summed E-state index contributed by atoms with van der Waals surface area (Å²) in [5, 5.41) is 6.68. The molecule has 0 aliphatic heterocycles. The van der Waals surface area contributed by atoms with Crippen LogP contribution < -0.4 is 5.32 Å². The molecule has 0 bridgehead atoms. The zero-order valence-electron chi connectivity index (χ0n) is 11.2. The molecule has 1 aromatic rings.